The third-order valence-corrected chi connectivity index (χ3v) is 3.48. The van der Waals surface area contributed by atoms with E-state index in [2.05, 4.69) is 27.1 Å². The smallest absolute Gasteiger partial charge is 0.225 e. The van der Waals surface area contributed by atoms with E-state index in [1.54, 1.807) is 0 Å². The van der Waals surface area contributed by atoms with E-state index in [4.69, 9.17) is 4.74 Å². The van der Waals surface area contributed by atoms with Crippen molar-refractivity contribution in [2.75, 3.05) is 31.6 Å². The molecule has 1 atom stereocenters. The molecule has 0 spiro atoms. The highest BCUT2D eigenvalue weighted by atomic mass is 16.5. The van der Waals surface area contributed by atoms with E-state index < -0.39 is 0 Å². The van der Waals surface area contributed by atoms with Crippen LogP contribution in [0.25, 0.3) is 0 Å². The average Bonchev–Trinajstić information content (AvgIpc) is 2.90. The molecule has 2 rings (SSSR count). The molecule has 0 aliphatic carbocycles. The van der Waals surface area contributed by atoms with Crippen molar-refractivity contribution in [2.45, 2.75) is 39.3 Å². The molecule has 5 nitrogen and oxygen atoms in total. The van der Waals surface area contributed by atoms with Crippen LogP contribution < -0.4 is 10.2 Å². The Morgan fingerprint density at radius 1 is 1.53 bits per heavy atom. The molecule has 1 aliphatic rings. The maximum absolute atomic E-state index is 5.64. The molecule has 1 unspecified atom stereocenters. The van der Waals surface area contributed by atoms with Crippen LogP contribution in [0.3, 0.4) is 0 Å². The standard InChI is InChI=1S/C14H24N4O/c1-4-15-8-12-9-16-14(17-11(12)2)18(3)10-13-6-5-7-19-13/h9,13,15H,4-8,10H2,1-3H3. The monoisotopic (exact) mass is 264 g/mol. The lowest BCUT2D eigenvalue weighted by Crippen LogP contribution is -2.30. The maximum Gasteiger partial charge on any atom is 0.225 e. The number of hydrogen-bond donors (Lipinski definition) is 1. The number of aromatic nitrogens is 2. The highest BCUT2D eigenvalue weighted by molar-refractivity contribution is 5.32. The normalized spacial score (nSPS) is 18.8. The lowest BCUT2D eigenvalue weighted by Gasteiger charge is -2.21. The first-order valence-electron chi connectivity index (χ1n) is 7.06. The van der Waals surface area contributed by atoms with Gasteiger partial charge in [-0.2, -0.15) is 0 Å². The van der Waals surface area contributed by atoms with Gasteiger partial charge in [-0.3, -0.25) is 0 Å². The minimum atomic E-state index is 0.329. The number of nitrogens with one attached hydrogen (secondary N) is 1. The molecule has 1 aromatic heterocycles. The molecule has 1 N–H and O–H groups in total. The summed E-state index contributed by atoms with van der Waals surface area (Å²) < 4.78 is 5.64. The molecule has 106 valence electrons. The molecule has 1 saturated heterocycles. The van der Waals surface area contributed by atoms with E-state index in [1.807, 2.05) is 20.2 Å². The summed E-state index contributed by atoms with van der Waals surface area (Å²) in [5.74, 6) is 0.785. The fraction of sp³-hybridized carbons (Fsp3) is 0.714. The predicted molar refractivity (Wildman–Crippen MR) is 76.4 cm³/mol. The second-order valence-electron chi connectivity index (χ2n) is 5.08. The average molecular weight is 264 g/mol. The van der Waals surface area contributed by atoms with Gasteiger partial charge in [-0.05, 0) is 26.3 Å². The van der Waals surface area contributed by atoms with Crippen LogP contribution in [0, 0.1) is 6.92 Å². The summed E-state index contributed by atoms with van der Waals surface area (Å²) in [6.07, 6.45) is 4.56. The summed E-state index contributed by atoms with van der Waals surface area (Å²) in [4.78, 5) is 11.1. The molecule has 1 aromatic rings. The van der Waals surface area contributed by atoms with Crippen LogP contribution >= 0.6 is 0 Å². The summed E-state index contributed by atoms with van der Waals surface area (Å²) >= 11 is 0. The summed E-state index contributed by atoms with van der Waals surface area (Å²) in [5.41, 5.74) is 2.21. The zero-order valence-corrected chi connectivity index (χ0v) is 12.1. The van der Waals surface area contributed by atoms with E-state index in [0.29, 0.717) is 6.10 Å². The molecular weight excluding hydrogens is 240 g/mol. The van der Waals surface area contributed by atoms with Gasteiger partial charge in [-0.25, -0.2) is 9.97 Å². The van der Waals surface area contributed by atoms with Gasteiger partial charge in [-0.15, -0.1) is 0 Å². The Morgan fingerprint density at radius 3 is 3.00 bits per heavy atom. The van der Waals surface area contributed by atoms with Gasteiger partial charge in [0.25, 0.3) is 0 Å². The van der Waals surface area contributed by atoms with Crippen molar-refractivity contribution in [2.24, 2.45) is 0 Å². The third-order valence-electron chi connectivity index (χ3n) is 3.48. The second kappa shape index (κ2) is 6.82. The van der Waals surface area contributed by atoms with Crippen LogP contribution in [0.5, 0.6) is 0 Å². The van der Waals surface area contributed by atoms with Crippen molar-refractivity contribution in [3.63, 3.8) is 0 Å². The van der Waals surface area contributed by atoms with E-state index in [0.717, 1.165) is 49.9 Å². The first-order valence-corrected chi connectivity index (χ1v) is 7.06. The van der Waals surface area contributed by atoms with Crippen LogP contribution in [0.4, 0.5) is 5.95 Å². The molecule has 0 amide bonds. The Hall–Kier alpha value is -1.20. The van der Waals surface area contributed by atoms with Gasteiger partial charge in [0.15, 0.2) is 0 Å². The van der Waals surface area contributed by atoms with Crippen molar-refractivity contribution >= 4 is 5.95 Å². The second-order valence-corrected chi connectivity index (χ2v) is 5.08. The lowest BCUT2D eigenvalue weighted by atomic mass is 10.2. The Bertz CT molecular complexity index is 404. The minimum absolute atomic E-state index is 0.329. The van der Waals surface area contributed by atoms with E-state index >= 15 is 0 Å². The maximum atomic E-state index is 5.64. The fourth-order valence-electron chi connectivity index (χ4n) is 2.27. The van der Waals surface area contributed by atoms with Crippen molar-refractivity contribution in [1.29, 1.82) is 0 Å². The van der Waals surface area contributed by atoms with Gasteiger partial charge >= 0.3 is 0 Å². The number of rotatable bonds is 6. The Kier molecular flexibility index (Phi) is 5.10. The SMILES string of the molecule is CCNCc1cnc(N(C)CC2CCCO2)nc1C. The van der Waals surface area contributed by atoms with Crippen molar-refractivity contribution in [3.05, 3.63) is 17.5 Å². The lowest BCUT2D eigenvalue weighted by molar-refractivity contribution is 0.116. The number of aryl methyl sites for hydroxylation is 1. The molecule has 5 heteroatoms. The molecule has 2 heterocycles. The summed E-state index contributed by atoms with van der Waals surface area (Å²) in [6.45, 7) is 7.68. The highest BCUT2D eigenvalue weighted by Crippen LogP contribution is 2.16. The van der Waals surface area contributed by atoms with Gasteiger partial charge in [0.1, 0.15) is 0 Å². The van der Waals surface area contributed by atoms with Crippen LogP contribution in [-0.4, -0.2) is 42.8 Å². The highest BCUT2D eigenvalue weighted by Gasteiger charge is 2.18. The Balaban J connectivity index is 1.97. The van der Waals surface area contributed by atoms with Crippen LogP contribution in [0.1, 0.15) is 31.0 Å². The quantitative estimate of drug-likeness (QED) is 0.844. The van der Waals surface area contributed by atoms with Gasteiger partial charge in [0.2, 0.25) is 5.95 Å². The van der Waals surface area contributed by atoms with E-state index in [1.165, 1.54) is 6.42 Å². The molecule has 0 aromatic carbocycles. The Labute approximate surface area is 115 Å². The van der Waals surface area contributed by atoms with Crippen LogP contribution in [0.2, 0.25) is 0 Å². The summed E-state index contributed by atoms with van der Waals surface area (Å²) in [7, 11) is 2.03. The minimum Gasteiger partial charge on any atom is -0.376 e. The molecule has 1 aliphatic heterocycles. The molecule has 1 fully saturated rings. The van der Waals surface area contributed by atoms with Crippen molar-refractivity contribution in [1.82, 2.24) is 15.3 Å². The summed E-state index contributed by atoms with van der Waals surface area (Å²) in [5, 5.41) is 3.30. The predicted octanol–water partition coefficient (Wildman–Crippen LogP) is 1.51. The zero-order valence-electron chi connectivity index (χ0n) is 12.1. The summed E-state index contributed by atoms with van der Waals surface area (Å²) in [6, 6.07) is 0. The molecule has 0 radical (unpaired) electrons. The fourth-order valence-corrected chi connectivity index (χ4v) is 2.27. The largest absolute Gasteiger partial charge is 0.376 e. The molecule has 19 heavy (non-hydrogen) atoms. The topological polar surface area (TPSA) is 50.3 Å². The van der Waals surface area contributed by atoms with Crippen LogP contribution in [0.15, 0.2) is 6.20 Å². The number of ether oxygens (including phenoxy) is 1. The number of nitrogens with zero attached hydrogens (tertiary/aromatic N) is 3. The van der Waals surface area contributed by atoms with E-state index in [9.17, 15) is 0 Å². The number of hydrogen-bond acceptors (Lipinski definition) is 5. The molecular formula is C14H24N4O. The van der Waals surface area contributed by atoms with Crippen LogP contribution in [-0.2, 0) is 11.3 Å². The molecule has 0 saturated carbocycles. The number of anilines is 1. The molecule has 0 bridgehead atoms. The van der Waals surface area contributed by atoms with Gasteiger partial charge < -0.3 is 15.0 Å². The zero-order chi connectivity index (χ0) is 13.7. The van der Waals surface area contributed by atoms with Crippen molar-refractivity contribution < 1.29 is 4.74 Å². The first kappa shape index (κ1) is 14.2. The van der Waals surface area contributed by atoms with E-state index in [-0.39, 0.29) is 0 Å². The van der Waals surface area contributed by atoms with Crippen molar-refractivity contribution in [3.8, 4) is 0 Å². The third kappa shape index (κ3) is 3.88. The Morgan fingerprint density at radius 2 is 2.37 bits per heavy atom. The van der Waals surface area contributed by atoms with Gasteiger partial charge in [-0.1, -0.05) is 6.92 Å². The number of likely N-dealkylation sites (N-methyl/N-ethyl adjacent to an activating group) is 1. The first-order chi connectivity index (χ1) is 9.20. The van der Waals surface area contributed by atoms with Gasteiger partial charge in [0.05, 0.1) is 6.10 Å². The van der Waals surface area contributed by atoms with Gasteiger partial charge in [0, 0.05) is 44.2 Å².